The predicted molar refractivity (Wildman–Crippen MR) is 98.5 cm³/mol. The molecular formula is C18H23NO3SSi. The Kier molecular flexibility index (Phi) is 4.18. The molecule has 2 saturated heterocycles. The van der Waals surface area contributed by atoms with E-state index in [-0.39, 0.29) is 28.1 Å². The molecule has 0 saturated carbocycles. The molecule has 0 N–H and O–H groups in total. The van der Waals surface area contributed by atoms with Crippen LogP contribution in [0.1, 0.15) is 33.6 Å². The number of hydrogen-bond acceptors (Lipinski definition) is 4. The van der Waals surface area contributed by atoms with Crippen LogP contribution in [-0.4, -0.2) is 42.2 Å². The van der Waals surface area contributed by atoms with Gasteiger partial charge >= 0.3 is 5.24 Å². The van der Waals surface area contributed by atoms with Crippen LogP contribution in [0.5, 0.6) is 0 Å². The average Bonchev–Trinajstić information content (AvgIpc) is 2.81. The van der Waals surface area contributed by atoms with Gasteiger partial charge in [0.25, 0.3) is 0 Å². The van der Waals surface area contributed by atoms with Gasteiger partial charge < -0.3 is 14.0 Å². The normalized spacial score (nSPS) is 32.0. The zero-order chi connectivity index (χ0) is 17.7. The zero-order valence-corrected chi connectivity index (χ0v) is 16.6. The summed E-state index contributed by atoms with van der Waals surface area (Å²) in [6.45, 7) is 11.2. The van der Waals surface area contributed by atoms with Gasteiger partial charge in [-0.05, 0) is 5.04 Å². The predicted octanol–water partition coefficient (Wildman–Crippen LogP) is 2.69. The number of β-lactam (4-membered cyclic amide) rings is 1. The molecule has 0 aromatic heterocycles. The summed E-state index contributed by atoms with van der Waals surface area (Å²) in [4.78, 5) is 12.8. The Bertz CT molecular complexity index is 704. The molecule has 2 fully saturated rings. The average molecular weight is 362 g/mol. The smallest absolute Gasteiger partial charge is 0.355 e. The molecule has 1 aliphatic carbocycles. The third-order valence-electron chi connectivity index (χ3n) is 5.63. The van der Waals surface area contributed by atoms with Crippen LogP contribution in [0, 0.1) is 29.6 Å². The minimum atomic E-state index is -1.91. The SMILES string of the molecule is CC(C)(C)[Si](C)(C)N1C(=O)[C@@H]2CC#C[C@H]3OC(=S)O[C@H]3C#CC[C@H]21. The third kappa shape index (κ3) is 2.72. The number of carbonyl (C=O) groups is 1. The van der Waals surface area contributed by atoms with Crippen LogP contribution in [0.2, 0.25) is 18.1 Å². The molecule has 1 amide bonds. The van der Waals surface area contributed by atoms with Gasteiger partial charge in [0, 0.05) is 31.1 Å². The maximum atomic E-state index is 12.8. The highest BCUT2D eigenvalue weighted by molar-refractivity contribution is 7.79. The first-order chi connectivity index (χ1) is 11.1. The summed E-state index contributed by atoms with van der Waals surface area (Å²) >= 11 is 4.94. The van der Waals surface area contributed by atoms with Gasteiger partial charge in [-0.15, -0.1) is 0 Å². The van der Waals surface area contributed by atoms with Crippen molar-refractivity contribution in [3.63, 3.8) is 0 Å². The molecule has 0 spiro atoms. The number of ether oxygens (including phenoxy) is 2. The van der Waals surface area contributed by atoms with Gasteiger partial charge in [0.1, 0.15) is 0 Å². The quantitative estimate of drug-likeness (QED) is 0.312. The number of amides is 1. The Hall–Kier alpha value is -1.50. The van der Waals surface area contributed by atoms with E-state index >= 15 is 0 Å². The van der Waals surface area contributed by atoms with Gasteiger partial charge in [0.15, 0.2) is 8.24 Å². The molecule has 3 rings (SSSR count). The second-order valence-electron chi connectivity index (χ2n) is 8.07. The lowest BCUT2D eigenvalue weighted by Gasteiger charge is -2.58. The van der Waals surface area contributed by atoms with Crippen LogP contribution in [0.15, 0.2) is 0 Å². The van der Waals surface area contributed by atoms with Gasteiger partial charge in [0.05, 0.1) is 5.92 Å². The first kappa shape index (κ1) is 17.3. The van der Waals surface area contributed by atoms with Crippen molar-refractivity contribution < 1.29 is 14.3 Å². The van der Waals surface area contributed by atoms with Crippen molar-refractivity contribution in [3.05, 3.63) is 0 Å². The fourth-order valence-electron chi connectivity index (χ4n) is 3.22. The number of nitrogens with zero attached hydrogens (tertiary/aromatic N) is 1. The molecule has 0 unspecified atom stereocenters. The Morgan fingerprint density at radius 3 is 2.21 bits per heavy atom. The topological polar surface area (TPSA) is 38.8 Å². The van der Waals surface area contributed by atoms with E-state index in [0.717, 1.165) is 0 Å². The summed E-state index contributed by atoms with van der Waals surface area (Å²) in [5, 5.41) is 0.219. The fraction of sp³-hybridized carbons (Fsp3) is 0.667. The standard InChI is InChI=1S/C18H23NO3SSi/c1-18(2,3)24(4,5)19-13-9-7-11-15-14(21-17(23)22-15)10-6-8-12(13)16(19)20/h12-15H,8-9H2,1-5H3/t12-,13-,14-,15+/m1/s1. The second-order valence-corrected chi connectivity index (χ2v) is 13.5. The lowest BCUT2D eigenvalue weighted by atomic mass is 9.85. The maximum Gasteiger partial charge on any atom is 0.355 e. The van der Waals surface area contributed by atoms with E-state index in [4.69, 9.17) is 21.7 Å². The first-order valence-corrected chi connectivity index (χ1v) is 11.7. The molecule has 128 valence electrons. The van der Waals surface area contributed by atoms with Gasteiger partial charge in [-0.1, -0.05) is 57.5 Å². The highest BCUT2D eigenvalue weighted by Gasteiger charge is 2.56. The molecule has 24 heavy (non-hydrogen) atoms. The van der Waals surface area contributed by atoms with Crippen LogP contribution in [0.4, 0.5) is 0 Å². The molecule has 4 atom stereocenters. The van der Waals surface area contributed by atoms with E-state index in [1.54, 1.807) is 0 Å². The number of rotatable bonds is 1. The number of fused-ring (bicyclic) bond motifs is 2. The maximum absolute atomic E-state index is 12.8. The van der Waals surface area contributed by atoms with E-state index in [1.165, 1.54) is 0 Å². The summed E-state index contributed by atoms with van der Waals surface area (Å²) in [5.74, 6) is 12.6. The number of carbonyl (C=O) groups excluding carboxylic acids is 1. The monoisotopic (exact) mass is 361 g/mol. The lowest BCUT2D eigenvalue weighted by Crippen LogP contribution is -2.72. The first-order valence-electron chi connectivity index (χ1n) is 8.30. The molecular weight excluding hydrogens is 338 g/mol. The number of thiocarbonyl (C=S) groups is 1. The molecule has 2 aliphatic heterocycles. The lowest BCUT2D eigenvalue weighted by molar-refractivity contribution is -0.147. The minimum Gasteiger partial charge on any atom is -0.435 e. The van der Waals surface area contributed by atoms with Crippen molar-refractivity contribution in [1.82, 2.24) is 4.57 Å². The second kappa shape index (κ2) is 5.79. The Labute approximate surface area is 150 Å². The molecule has 4 nitrogen and oxygen atoms in total. The van der Waals surface area contributed by atoms with Crippen LogP contribution < -0.4 is 0 Å². The third-order valence-corrected chi connectivity index (χ3v) is 11.3. The summed E-state index contributed by atoms with van der Waals surface area (Å²) in [5.41, 5.74) is 0. The van der Waals surface area contributed by atoms with Crippen molar-refractivity contribution in [2.75, 3.05) is 0 Å². The van der Waals surface area contributed by atoms with Crippen molar-refractivity contribution in [2.24, 2.45) is 5.92 Å². The van der Waals surface area contributed by atoms with Crippen molar-refractivity contribution in [3.8, 4) is 23.7 Å². The van der Waals surface area contributed by atoms with Crippen molar-refractivity contribution >= 4 is 31.6 Å². The van der Waals surface area contributed by atoms with Gasteiger partial charge in [-0.3, -0.25) is 4.79 Å². The largest absolute Gasteiger partial charge is 0.435 e. The van der Waals surface area contributed by atoms with E-state index < -0.39 is 20.4 Å². The van der Waals surface area contributed by atoms with E-state index in [0.29, 0.717) is 12.8 Å². The van der Waals surface area contributed by atoms with E-state index in [1.807, 2.05) is 0 Å². The van der Waals surface area contributed by atoms with E-state index in [2.05, 4.69) is 62.1 Å². The Balaban J connectivity index is 1.86. The molecule has 0 radical (unpaired) electrons. The Morgan fingerprint density at radius 2 is 1.67 bits per heavy atom. The van der Waals surface area contributed by atoms with Gasteiger partial charge in [-0.25, -0.2) is 0 Å². The summed E-state index contributed by atoms with van der Waals surface area (Å²) in [6, 6.07) is 0.158. The number of hydrogen-bond donors (Lipinski definition) is 0. The Morgan fingerprint density at radius 1 is 1.12 bits per heavy atom. The van der Waals surface area contributed by atoms with Crippen molar-refractivity contribution in [2.45, 2.75) is 70.0 Å². The summed E-state index contributed by atoms with van der Waals surface area (Å²) in [7, 11) is -1.91. The van der Waals surface area contributed by atoms with Gasteiger partial charge in [0.2, 0.25) is 18.1 Å². The van der Waals surface area contributed by atoms with Gasteiger partial charge in [-0.2, -0.15) is 0 Å². The highest BCUT2D eigenvalue weighted by atomic mass is 32.1. The minimum absolute atomic E-state index is 0.0493. The summed E-state index contributed by atoms with van der Waals surface area (Å²) in [6.07, 6.45) is 0.353. The van der Waals surface area contributed by atoms with Crippen LogP contribution in [-0.2, 0) is 14.3 Å². The highest BCUT2D eigenvalue weighted by Crippen LogP contribution is 2.46. The van der Waals surface area contributed by atoms with Crippen LogP contribution in [0.25, 0.3) is 0 Å². The zero-order valence-electron chi connectivity index (χ0n) is 14.8. The fourth-order valence-corrected chi connectivity index (χ4v) is 5.96. The molecule has 2 heterocycles. The molecule has 6 heteroatoms. The molecule has 0 aromatic carbocycles. The molecule has 0 aromatic rings. The molecule has 3 aliphatic rings. The van der Waals surface area contributed by atoms with Crippen LogP contribution >= 0.6 is 12.2 Å². The van der Waals surface area contributed by atoms with Crippen molar-refractivity contribution in [1.29, 1.82) is 0 Å². The summed E-state index contributed by atoms with van der Waals surface area (Å²) < 4.78 is 12.9. The molecule has 0 bridgehead atoms. The van der Waals surface area contributed by atoms with Crippen LogP contribution in [0.3, 0.4) is 0 Å². The van der Waals surface area contributed by atoms with E-state index in [9.17, 15) is 4.79 Å².